The van der Waals surface area contributed by atoms with E-state index in [2.05, 4.69) is 31.4 Å². The molecule has 28 heavy (non-hydrogen) atoms. The summed E-state index contributed by atoms with van der Waals surface area (Å²) in [6.07, 6.45) is 2.45. The van der Waals surface area contributed by atoms with E-state index in [1.807, 2.05) is 36.7 Å². The van der Waals surface area contributed by atoms with Crippen LogP contribution in [0.15, 0.2) is 29.3 Å². The molecule has 2 heterocycles. The topological polar surface area (TPSA) is 61.6 Å². The van der Waals surface area contributed by atoms with E-state index >= 15 is 0 Å². The summed E-state index contributed by atoms with van der Waals surface area (Å²) in [4.78, 5) is 9.58. The Bertz CT molecular complexity index is 825. The number of anilines is 1. The molecule has 2 fully saturated rings. The van der Waals surface area contributed by atoms with Gasteiger partial charge < -0.3 is 19.7 Å². The van der Waals surface area contributed by atoms with E-state index in [1.54, 1.807) is 0 Å². The number of aliphatic imine (C=N–C) groups is 1. The Morgan fingerprint density at radius 1 is 1.21 bits per heavy atom. The molecular formula is C19H27ClIN7. The largest absolute Gasteiger partial charge is 0.368 e. The molecule has 0 bridgehead atoms. The molecule has 0 unspecified atom stereocenters. The summed E-state index contributed by atoms with van der Waals surface area (Å²) in [5.74, 6) is 2.79. The number of nitrogens with one attached hydrogen (secondary N) is 1. The number of guanidine groups is 1. The third kappa shape index (κ3) is 5.08. The number of aromatic nitrogens is 3. The van der Waals surface area contributed by atoms with Crippen molar-refractivity contribution in [3.8, 4) is 0 Å². The van der Waals surface area contributed by atoms with Crippen molar-refractivity contribution in [1.82, 2.24) is 25.0 Å². The van der Waals surface area contributed by atoms with Crippen LogP contribution in [-0.2, 0) is 13.6 Å². The van der Waals surface area contributed by atoms with E-state index in [4.69, 9.17) is 16.6 Å². The lowest BCUT2D eigenvalue weighted by atomic mass is 10.2. The molecule has 1 aromatic heterocycles. The molecule has 1 N–H and O–H groups in total. The van der Waals surface area contributed by atoms with Crippen LogP contribution >= 0.6 is 35.6 Å². The van der Waals surface area contributed by atoms with Gasteiger partial charge >= 0.3 is 0 Å². The van der Waals surface area contributed by atoms with Crippen molar-refractivity contribution in [2.24, 2.45) is 12.0 Å². The minimum atomic E-state index is 0. The van der Waals surface area contributed by atoms with Crippen molar-refractivity contribution in [2.45, 2.75) is 32.4 Å². The standard InChI is InChI=1S/C19H26ClN7.HI/c1-14-23-24-18(25(14)2)13-21-19(22-16-6-7-16)27-10-8-26(9-11-27)17-5-3-4-15(20)12-17;/h3-5,12,16H,6-11,13H2,1-2H3,(H,21,22);1H. The van der Waals surface area contributed by atoms with Crippen molar-refractivity contribution in [3.05, 3.63) is 40.9 Å². The highest BCUT2D eigenvalue weighted by Gasteiger charge is 2.27. The summed E-state index contributed by atoms with van der Waals surface area (Å²) in [7, 11) is 1.98. The van der Waals surface area contributed by atoms with Gasteiger partial charge in [0, 0.05) is 50.0 Å². The van der Waals surface area contributed by atoms with Gasteiger partial charge in [0.15, 0.2) is 11.8 Å². The first kappa shape index (κ1) is 21.2. The molecule has 1 aliphatic carbocycles. The van der Waals surface area contributed by atoms with Crippen LogP contribution in [0.1, 0.15) is 24.5 Å². The SMILES string of the molecule is Cc1nnc(CN=C(NC2CC2)N2CCN(c3cccc(Cl)c3)CC2)n1C.I. The number of benzene rings is 1. The second-order valence-corrected chi connectivity index (χ2v) is 7.67. The van der Waals surface area contributed by atoms with Crippen LogP contribution in [0.2, 0.25) is 5.02 Å². The predicted octanol–water partition coefficient (Wildman–Crippen LogP) is 2.83. The van der Waals surface area contributed by atoms with Crippen molar-refractivity contribution in [2.75, 3.05) is 31.1 Å². The van der Waals surface area contributed by atoms with Gasteiger partial charge in [-0.2, -0.15) is 0 Å². The van der Waals surface area contributed by atoms with Crippen molar-refractivity contribution < 1.29 is 0 Å². The van der Waals surface area contributed by atoms with Gasteiger partial charge in [0.25, 0.3) is 0 Å². The second-order valence-electron chi connectivity index (χ2n) is 7.23. The fraction of sp³-hybridized carbons (Fsp3) is 0.526. The fourth-order valence-electron chi connectivity index (χ4n) is 3.23. The van der Waals surface area contributed by atoms with Crippen LogP contribution in [0.4, 0.5) is 5.69 Å². The molecule has 0 amide bonds. The first-order chi connectivity index (χ1) is 13.1. The molecule has 0 radical (unpaired) electrons. The summed E-state index contributed by atoms with van der Waals surface area (Å²) >= 11 is 6.14. The number of rotatable bonds is 4. The molecule has 2 aromatic rings. The highest BCUT2D eigenvalue weighted by molar-refractivity contribution is 14.0. The molecule has 4 rings (SSSR count). The maximum absolute atomic E-state index is 6.14. The van der Waals surface area contributed by atoms with E-state index in [9.17, 15) is 0 Å². The molecule has 1 saturated carbocycles. The lowest BCUT2D eigenvalue weighted by Gasteiger charge is -2.38. The molecule has 152 valence electrons. The fourth-order valence-corrected chi connectivity index (χ4v) is 3.42. The molecule has 1 aliphatic heterocycles. The maximum Gasteiger partial charge on any atom is 0.194 e. The molecule has 0 spiro atoms. The minimum Gasteiger partial charge on any atom is -0.368 e. The summed E-state index contributed by atoms with van der Waals surface area (Å²) < 4.78 is 2.00. The molecule has 2 aliphatic rings. The Balaban J connectivity index is 0.00000225. The van der Waals surface area contributed by atoms with Gasteiger partial charge in [0.05, 0.1) is 0 Å². The average molecular weight is 516 g/mol. The minimum absolute atomic E-state index is 0. The van der Waals surface area contributed by atoms with Gasteiger partial charge in [-0.25, -0.2) is 4.99 Å². The predicted molar refractivity (Wildman–Crippen MR) is 124 cm³/mol. The third-order valence-corrected chi connectivity index (χ3v) is 5.45. The van der Waals surface area contributed by atoms with Crippen molar-refractivity contribution in [1.29, 1.82) is 0 Å². The smallest absolute Gasteiger partial charge is 0.194 e. The summed E-state index contributed by atoms with van der Waals surface area (Å²) in [5.41, 5.74) is 1.19. The van der Waals surface area contributed by atoms with Gasteiger partial charge in [-0.3, -0.25) is 0 Å². The first-order valence-corrected chi connectivity index (χ1v) is 9.89. The molecular weight excluding hydrogens is 489 g/mol. The molecule has 9 heteroatoms. The zero-order valence-corrected chi connectivity index (χ0v) is 19.4. The first-order valence-electron chi connectivity index (χ1n) is 9.51. The summed E-state index contributed by atoms with van der Waals surface area (Å²) in [6.45, 7) is 6.27. The Morgan fingerprint density at radius 2 is 1.96 bits per heavy atom. The lowest BCUT2D eigenvalue weighted by Crippen LogP contribution is -2.53. The number of hydrogen-bond acceptors (Lipinski definition) is 4. The Labute approximate surface area is 188 Å². The molecule has 1 saturated heterocycles. The van der Waals surface area contributed by atoms with Crippen LogP contribution in [0, 0.1) is 6.92 Å². The zero-order valence-electron chi connectivity index (χ0n) is 16.3. The Kier molecular flexibility index (Phi) is 7.03. The summed E-state index contributed by atoms with van der Waals surface area (Å²) in [6, 6.07) is 8.64. The van der Waals surface area contributed by atoms with E-state index in [-0.39, 0.29) is 24.0 Å². The average Bonchev–Trinajstić information content (AvgIpc) is 3.45. The quantitative estimate of drug-likeness (QED) is 0.386. The van der Waals surface area contributed by atoms with Crippen molar-refractivity contribution in [3.63, 3.8) is 0 Å². The van der Waals surface area contributed by atoms with E-state index in [0.29, 0.717) is 12.6 Å². The van der Waals surface area contributed by atoms with Gasteiger partial charge in [-0.05, 0) is 38.0 Å². The number of aryl methyl sites for hydroxylation is 1. The molecule has 1 aromatic carbocycles. The number of piperazine rings is 1. The van der Waals surface area contributed by atoms with Crippen LogP contribution in [0.5, 0.6) is 0 Å². The molecule has 0 atom stereocenters. The van der Waals surface area contributed by atoms with Crippen molar-refractivity contribution >= 4 is 47.2 Å². The molecule has 7 nitrogen and oxygen atoms in total. The van der Waals surface area contributed by atoms with E-state index in [0.717, 1.165) is 48.8 Å². The van der Waals surface area contributed by atoms with Gasteiger partial charge in [0.2, 0.25) is 0 Å². The van der Waals surface area contributed by atoms with Crippen LogP contribution in [-0.4, -0.2) is 57.8 Å². The van der Waals surface area contributed by atoms with Gasteiger partial charge in [0.1, 0.15) is 12.4 Å². The normalized spacial score (nSPS) is 17.5. The monoisotopic (exact) mass is 515 g/mol. The van der Waals surface area contributed by atoms with Gasteiger partial charge in [-0.1, -0.05) is 17.7 Å². The highest BCUT2D eigenvalue weighted by atomic mass is 127. The number of nitrogens with zero attached hydrogens (tertiary/aromatic N) is 6. The van der Waals surface area contributed by atoms with E-state index in [1.165, 1.54) is 18.5 Å². The second kappa shape index (κ2) is 9.30. The van der Waals surface area contributed by atoms with Crippen LogP contribution < -0.4 is 10.2 Å². The lowest BCUT2D eigenvalue weighted by molar-refractivity contribution is 0.371. The zero-order chi connectivity index (χ0) is 18.8. The van der Waals surface area contributed by atoms with Gasteiger partial charge in [-0.15, -0.1) is 34.2 Å². The summed E-state index contributed by atoms with van der Waals surface area (Å²) in [5, 5.41) is 12.7. The van der Waals surface area contributed by atoms with Crippen LogP contribution in [0.3, 0.4) is 0 Å². The maximum atomic E-state index is 6.14. The van der Waals surface area contributed by atoms with E-state index < -0.39 is 0 Å². The third-order valence-electron chi connectivity index (χ3n) is 5.22. The number of hydrogen-bond donors (Lipinski definition) is 1. The highest BCUT2D eigenvalue weighted by Crippen LogP contribution is 2.22. The Hall–Kier alpha value is -1.55. The van der Waals surface area contributed by atoms with Crippen LogP contribution in [0.25, 0.3) is 0 Å². The number of halogens is 2. The Morgan fingerprint density at radius 3 is 2.57 bits per heavy atom.